The van der Waals surface area contributed by atoms with Gasteiger partial charge in [0.2, 0.25) is 0 Å². The largest absolute Gasteiger partial charge is 0.488 e. The zero-order valence-corrected chi connectivity index (χ0v) is 17.1. The van der Waals surface area contributed by atoms with Crippen LogP contribution in [-0.2, 0) is 4.79 Å². The highest BCUT2D eigenvalue weighted by atomic mass is 19.1. The van der Waals surface area contributed by atoms with Crippen LogP contribution < -0.4 is 25.4 Å². The van der Waals surface area contributed by atoms with Crippen LogP contribution in [0, 0.1) is 5.82 Å². The number of hydrazine groups is 1. The van der Waals surface area contributed by atoms with Crippen LogP contribution in [0.5, 0.6) is 5.75 Å². The van der Waals surface area contributed by atoms with Gasteiger partial charge in [0.25, 0.3) is 11.8 Å². The van der Waals surface area contributed by atoms with Crippen LogP contribution in [0.4, 0.5) is 4.39 Å². The number of amides is 2. The van der Waals surface area contributed by atoms with Gasteiger partial charge in [0, 0.05) is 5.56 Å². The normalized spacial score (nSPS) is 19.5. The molecule has 0 aliphatic carbocycles. The molecule has 1 atom stereocenters. The third kappa shape index (κ3) is 6.27. The fourth-order valence-electron chi connectivity index (χ4n) is 3.52. The van der Waals surface area contributed by atoms with Crippen molar-refractivity contribution in [1.29, 1.82) is 0 Å². The smallest absolute Gasteiger partial charge is 0.296 e. The molecule has 160 valence electrons. The summed E-state index contributed by atoms with van der Waals surface area (Å²) in [6, 6.07) is 14.7. The van der Waals surface area contributed by atoms with E-state index in [0.717, 1.165) is 38.5 Å². The van der Waals surface area contributed by atoms with Gasteiger partial charge in [0.15, 0.2) is 6.04 Å². The predicted molar refractivity (Wildman–Crippen MR) is 110 cm³/mol. The molecule has 1 saturated heterocycles. The van der Waals surface area contributed by atoms with E-state index >= 15 is 0 Å². The van der Waals surface area contributed by atoms with E-state index in [1.54, 1.807) is 0 Å². The number of quaternary nitrogens is 2. The number of para-hydroxylation sites is 1. The van der Waals surface area contributed by atoms with Crippen molar-refractivity contribution in [2.45, 2.75) is 13.0 Å². The van der Waals surface area contributed by atoms with E-state index in [4.69, 9.17) is 4.74 Å². The summed E-state index contributed by atoms with van der Waals surface area (Å²) < 4.78 is 18.7. The number of hydrogen-bond acceptors (Lipinski definition) is 3. The number of rotatable bonds is 7. The Morgan fingerprint density at radius 1 is 1.00 bits per heavy atom. The average molecular weight is 416 g/mol. The van der Waals surface area contributed by atoms with E-state index in [-0.39, 0.29) is 17.5 Å². The van der Waals surface area contributed by atoms with Crippen molar-refractivity contribution >= 4 is 11.8 Å². The molecule has 2 aromatic carbocycles. The first kappa shape index (κ1) is 21.7. The van der Waals surface area contributed by atoms with Crippen molar-refractivity contribution < 1.29 is 28.5 Å². The molecule has 8 heteroatoms. The topological polar surface area (TPSA) is 76.3 Å². The number of piperazine rings is 1. The average Bonchev–Trinajstić information content (AvgIpc) is 2.78. The molecule has 2 amide bonds. The Hall–Kier alpha value is -2.97. The molecule has 3 rings (SSSR count). The highest BCUT2D eigenvalue weighted by Gasteiger charge is 2.31. The van der Waals surface area contributed by atoms with E-state index in [1.165, 1.54) is 34.1 Å². The van der Waals surface area contributed by atoms with Crippen molar-refractivity contribution in [1.82, 2.24) is 10.9 Å². The number of benzene rings is 2. The van der Waals surface area contributed by atoms with E-state index in [1.807, 2.05) is 37.3 Å². The second-order valence-electron chi connectivity index (χ2n) is 7.49. The van der Waals surface area contributed by atoms with Gasteiger partial charge in [-0.1, -0.05) is 18.2 Å². The third-order valence-electron chi connectivity index (χ3n) is 5.48. The molecular formula is C22H29FN4O3+2. The fraction of sp³-hybridized carbons (Fsp3) is 0.364. The minimum atomic E-state index is -0.474. The molecule has 0 bridgehead atoms. The summed E-state index contributed by atoms with van der Waals surface area (Å²) in [6.45, 7) is 7.14. The molecule has 0 spiro atoms. The Kier molecular flexibility index (Phi) is 7.75. The first-order valence-corrected chi connectivity index (χ1v) is 10.2. The lowest BCUT2D eigenvalue weighted by Crippen LogP contribution is -3.30. The second-order valence-corrected chi connectivity index (χ2v) is 7.49. The summed E-state index contributed by atoms with van der Waals surface area (Å²) in [6.07, 6.45) is 0. The number of nitrogens with one attached hydrogen (secondary N) is 4. The molecule has 0 aromatic heterocycles. The van der Waals surface area contributed by atoms with Crippen molar-refractivity contribution in [3.05, 3.63) is 66.0 Å². The molecule has 1 aliphatic rings. The Morgan fingerprint density at radius 3 is 2.33 bits per heavy atom. The highest BCUT2D eigenvalue weighted by molar-refractivity contribution is 5.95. The maximum Gasteiger partial charge on any atom is 0.296 e. The first-order chi connectivity index (χ1) is 14.5. The van der Waals surface area contributed by atoms with E-state index in [9.17, 15) is 14.0 Å². The third-order valence-corrected chi connectivity index (χ3v) is 5.48. The Labute approximate surface area is 175 Å². The van der Waals surface area contributed by atoms with E-state index in [0.29, 0.717) is 6.61 Å². The van der Waals surface area contributed by atoms with Gasteiger partial charge in [0.05, 0.1) is 0 Å². The highest BCUT2D eigenvalue weighted by Crippen LogP contribution is 2.07. The number of carbonyl (C=O) groups is 2. The van der Waals surface area contributed by atoms with Gasteiger partial charge in [-0.2, -0.15) is 0 Å². The minimum absolute atomic E-state index is 0.240. The van der Waals surface area contributed by atoms with Crippen molar-refractivity contribution in [3.63, 3.8) is 0 Å². The molecule has 0 saturated carbocycles. The maximum absolute atomic E-state index is 12.9. The second kappa shape index (κ2) is 10.7. The summed E-state index contributed by atoms with van der Waals surface area (Å²) in [4.78, 5) is 27.1. The van der Waals surface area contributed by atoms with Gasteiger partial charge in [-0.3, -0.25) is 20.4 Å². The zero-order chi connectivity index (χ0) is 21.3. The van der Waals surface area contributed by atoms with Gasteiger partial charge in [-0.05, 0) is 43.3 Å². The number of hydrogen-bond donors (Lipinski definition) is 4. The van der Waals surface area contributed by atoms with Crippen LogP contribution >= 0.6 is 0 Å². The first-order valence-electron chi connectivity index (χ1n) is 10.2. The van der Waals surface area contributed by atoms with Crippen LogP contribution in [0.3, 0.4) is 0 Å². The van der Waals surface area contributed by atoms with Gasteiger partial charge in [0.1, 0.15) is 50.9 Å². The Bertz CT molecular complexity index is 824. The SMILES string of the molecule is C[C@H](C(=O)NNC(=O)c1ccc(F)cc1)[NH+]1CC[NH+](CCOc2ccccc2)CC1. The van der Waals surface area contributed by atoms with Crippen LogP contribution in [0.1, 0.15) is 17.3 Å². The quantitative estimate of drug-likeness (QED) is 0.430. The van der Waals surface area contributed by atoms with E-state index in [2.05, 4.69) is 10.9 Å². The molecule has 1 fully saturated rings. The number of carbonyl (C=O) groups excluding carboxylic acids is 2. The molecule has 7 nitrogen and oxygen atoms in total. The van der Waals surface area contributed by atoms with Crippen molar-refractivity contribution in [2.75, 3.05) is 39.3 Å². The molecule has 1 aliphatic heterocycles. The number of ether oxygens (including phenoxy) is 1. The van der Waals surface area contributed by atoms with Gasteiger partial charge in [-0.15, -0.1) is 0 Å². The monoisotopic (exact) mass is 416 g/mol. The summed E-state index contributed by atoms with van der Waals surface area (Å²) in [7, 11) is 0. The zero-order valence-electron chi connectivity index (χ0n) is 17.1. The lowest BCUT2D eigenvalue weighted by molar-refractivity contribution is -1.02. The van der Waals surface area contributed by atoms with Crippen LogP contribution in [0.25, 0.3) is 0 Å². The molecule has 4 N–H and O–H groups in total. The molecular weight excluding hydrogens is 387 g/mol. The van der Waals surface area contributed by atoms with Gasteiger partial charge >= 0.3 is 0 Å². The Morgan fingerprint density at radius 2 is 1.67 bits per heavy atom. The number of halogens is 1. The lowest BCUT2D eigenvalue weighted by atomic mass is 10.2. The van der Waals surface area contributed by atoms with Gasteiger partial charge in [-0.25, -0.2) is 4.39 Å². The molecule has 30 heavy (non-hydrogen) atoms. The molecule has 1 heterocycles. The maximum atomic E-state index is 12.9. The summed E-state index contributed by atoms with van der Waals surface area (Å²) in [5.74, 6) is -0.246. The molecule has 2 aromatic rings. The van der Waals surface area contributed by atoms with Crippen LogP contribution in [0.2, 0.25) is 0 Å². The van der Waals surface area contributed by atoms with Crippen LogP contribution in [-0.4, -0.2) is 57.2 Å². The van der Waals surface area contributed by atoms with Gasteiger partial charge < -0.3 is 14.5 Å². The van der Waals surface area contributed by atoms with Crippen LogP contribution in [0.15, 0.2) is 54.6 Å². The molecule has 0 radical (unpaired) electrons. The standard InChI is InChI=1S/C22H27FN4O3/c1-17(21(28)24-25-22(29)18-7-9-19(23)10-8-18)27-13-11-26(12-14-27)15-16-30-20-5-3-2-4-6-20/h2-10,17H,11-16H2,1H3,(H,24,28)(H,25,29)/p+2/t17-/m1/s1. The fourth-order valence-corrected chi connectivity index (χ4v) is 3.52. The lowest BCUT2D eigenvalue weighted by Gasteiger charge is -2.32. The minimum Gasteiger partial charge on any atom is -0.488 e. The van der Waals surface area contributed by atoms with Crippen molar-refractivity contribution in [2.24, 2.45) is 0 Å². The predicted octanol–water partition coefficient (Wildman–Crippen LogP) is -1.16. The van der Waals surface area contributed by atoms with E-state index < -0.39 is 11.7 Å². The Balaban J connectivity index is 1.35. The summed E-state index contributed by atoms with van der Waals surface area (Å²) in [5.41, 5.74) is 5.15. The van der Waals surface area contributed by atoms with Crippen molar-refractivity contribution in [3.8, 4) is 5.75 Å². The summed E-state index contributed by atoms with van der Waals surface area (Å²) in [5, 5.41) is 0. The summed E-state index contributed by atoms with van der Waals surface area (Å²) >= 11 is 0. The molecule has 0 unspecified atom stereocenters.